The molecule has 0 spiro atoms. The largest absolute Gasteiger partial charge is 0.506 e. The fourth-order valence-corrected chi connectivity index (χ4v) is 3.00. The van der Waals surface area contributed by atoms with E-state index >= 15 is 0 Å². The van der Waals surface area contributed by atoms with Crippen LogP contribution in [-0.4, -0.2) is 12.2 Å². The molecule has 1 N–H and O–H groups in total. The molecule has 1 aromatic heterocycles. The number of hydrogen-bond acceptors (Lipinski definition) is 4. The number of methoxy groups -OCH3 is 1. The zero-order chi connectivity index (χ0) is 13.9. The van der Waals surface area contributed by atoms with E-state index < -0.39 is 0 Å². The summed E-state index contributed by atoms with van der Waals surface area (Å²) < 4.78 is 11.8. The molecule has 4 heteroatoms. The highest BCUT2D eigenvalue weighted by molar-refractivity contribution is 7.19. The van der Waals surface area contributed by atoms with Crippen LogP contribution in [0.3, 0.4) is 0 Å². The van der Waals surface area contributed by atoms with Gasteiger partial charge in [-0.15, -0.1) is 11.3 Å². The Morgan fingerprint density at radius 1 is 1.05 bits per heavy atom. The number of phenols is 1. The van der Waals surface area contributed by atoms with Gasteiger partial charge in [0, 0.05) is 10.9 Å². The van der Waals surface area contributed by atoms with Gasteiger partial charge in [-0.1, -0.05) is 18.2 Å². The molecular weight excluding hydrogens is 272 g/mol. The van der Waals surface area contributed by atoms with Crippen LogP contribution in [-0.2, 0) is 6.61 Å². The molecule has 20 heavy (non-hydrogen) atoms. The maximum Gasteiger partial charge on any atom is 0.133 e. The van der Waals surface area contributed by atoms with Gasteiger partial charge in [0.05, 0.1) is 11.8 Å². The van der Waals surface area contributed by atoms with Gasteiger partial charge in [-0.25, -0.2) is 0 Å². The number of rotatable bonds is 4. The minimum Gasteiger partial charge on any atom is -0.506 e. The zero-order valence-electron chi connectivity index (χ0n) is 11.0. The summed E-state index contributed by atoms with van der Waals surface area (Å²) in [6.07, 6.45) is 0. The minimum absolute atomic E-state index is 0.320. The number of phenolic OH excluding ortho intramolecular Hbond substituents is 1. The normalized spacial score (nSPS) is 10.7. The lowest BCUT2D eigenvalue weighted by Gasteiger charge is -2.06. The lowest BCUT2D eigenvalue weighted by atomic mass is 10.2. The van der Waals surface area contributed by atoms with E-state index in [-0.39, 0.29) is 0 Å². The van der Waals surface area contributed by atoms with Gasteiger partial charge in [-0.2, -0.15) is 0 Å². The van der Waals surface area contributed by atoms with E-state index in [4.69, 9.17) is 9.47 Å². The van der Waals surface area contributed by atoms with Crippen LogP contribution in [0.5, 0.6) is 17.2 Å². The molecule has 3 nitrogen and oxygen atoms in total. The number of thiophene rings is 1. The summed E-state index contributed by atoms with van der Waals surface area (Å²) in [5.41, 5.74) is 0. The van der Waals surface area contributed by atoms with E-state index in [1.807, 2.05) is 42.5 Å². The van der Waals surface area contributed by atoms with Crippen LogP contribution in [0.2, 0.25) is 0 Å². The van der Waals surface area contributed by atoms with Crippen molar-refractivity contribution < 1.29 is 14.6 Å². The van der Waals surface area contributed by atoms with Crippen LogP contribution in [0.1, 0.15) is 4.88 Å². The van der Waals surface area contributed by atoms with Gasteiger partial charge < -0.3 is 14.6 Å². The van der Waals surface area contributed by atoms with E-state index in [2.05, 4.69) is 0 Å². The Hall–Kier alpha value is -2.20. The molecule has 102 valence electrons. The highest BCUT2D eigenvalue weighted by Gasteiger charge is 2.06. The summed E-state index contributed by atoms with van der Waals surface area (Å²) >= 11 is 1.55. The van der Waals surface area contributed by atoms with Crippen LogP contribution in [0.15, 0.2) is 48.5 Å². The van der Waals surface area contributed by atoms with Crippen molar-refractivity contribution in [1.29, 1.82) is 0 Å². The predicted molar refractivity (Wildman–Crippen MR) is 80.8 cm³/mol. The van der Waals surface area contributed by atoms with Gasteiger partial charge in [0.15, 0.2) is 0 Å². The molecule has 3 aromatic rings. The summed E-state index contributed by atoms with van der Waals surface area (Å²) in [6, 6.07) is 15.1. The van der Waals surface area contributed by atoms with Crippen molar-refractivity contribution >= 4 is 21.4 Å². The average Bonchev–Trinajstić information content (AvgIpc) is 2.90. The second-order valence-corrected chi connectivity index (χ2v) is 5.51. The van der Waals surface area contributed by atoms with Crippen molar-refractivity contribution in [3.63, 3.8) is 0 Å². The number of hydrogen-bond donors (Lipinski definition) is 1. The van der Waals surface area contributed by atoms with Crippen molar-refractivity contribution in [2.45, 2.75) is 6.61 Å². The lowest BCUT2D eigenvalue weighted by molar-refractivity contribution is 0.307. The monoisotopic (exact) mass is 286 g/mol. The topological polar surface area (TPSA) is 38.7 Å². The summed E-state index contributed by atoms with van der Waals surface area (Å²) in [5, 5.41) is 10.8. The molecule has 0 amide bonds. The molecule has 0 aliphatic rings. The van der Waals surface area contributed by atoms with E-state index in [9.17, 15) is 5.11 Å². The van der Waals surface area contributed by atoms with Gasteiger partial charge in [0.2, 0.25) is 0 Å². The van der Waals surface area contributed by atoms with Crippen molar-refractivity contribution in [2.24, 2.45) is 0 Å². The summed E-state index contributed by atoms with van der Waals surface area (Å²) in [4.78, 5) is 1.07. The first-order valence-corrected chi connectivity index (χ1v) is 7.05. The SMILES string of the molecule is COc1cccc(OCc2cc3cccc(O)c3s2)c1. The Balaban J connectivity index is 1.78. The van der Waals surface area contributed by atoms with Gasteiger partial charge in [0.25, 0.3) is 0 Å². The Morgan fingerprint density at radius 3 is 2.65 bits per heavy atom. The second-order valence-electron chi connectivity index (χ2n) is 4.38. The molecule has 0 unspecified atom stereocenters. The number of benzene rings is 2. The minimum atomic E-state index is 0.320. The Bertz CT molecular complexity index is 733. The summed E-state index contributed by atoms with van der Waals surface area (Å²) in [5.74, 6) is 1.86. The van der Waals surface area contributed by atoms with E-state index in [1.54, 1.807) is 24.5 Å². The molecule has 0 atom stereocenters. The molecule has 2 aromatic carbocycles. The van der Waals surface area contributed by atoms with Crippen molar-refractivity contribution in [3.8, 4) is 17.2 Å². The van der Waals surface area contributed by atoms with Crippen molar-refractivity contribution in [3.05, 3.63) is 53.4 Å². The van der Waals surface area contributed by atoms with E-state index in [0.717, 1.165) is 26.5 Å². The molecule has 3 rings (SSSR count). The first-order valence-electron chi connectivity index (χ1n) is 6.23. The smallest absolute Gasteiger partial charge is 0.133 e. The Labute approximate surface area is 121 Å². The molecule has 0 aliphatic heterocycles. The van der Waals surface area contributed by atoms with Gasteiger partial charge in [-0.05, 0) is 29.7 Å². The van der Waals surface area contributed by atoms with E-state index in [0.29, 0.717) is 12.4 Å². The van der Waals surface area contributed by atoms with Gasteiger partial charge >= 0.3 is 0 Å². The van der Waals surface area contributed by atoms with Crippen LogP contribution >= 0.6 is 11.3 Å². The molecule has 1 heterocycles. The molecular formula is C16H14O3S. The van der Waals surface area contributed by atoms with Crippen LogP contribution in [0, 0.1) is 0 Å². The molecule has 0 radical (unpaired) electrons. The second kappa shape index (κ2) is 5.43. The quantitative estimate of drug-likeness (QED) is 0.781. The van der Waals surface area contributed by atoms with Gasteiger partial charge in [0.1, 0.15) is 23.9 Å². The standard InChI is InChI=1S/C16H14O3S/c1-18-12-5-3-6-13(9-12)19-10-14-8-11-4-2-7-15(17)16(11)20-14/h2-9,17H,10H2,1H3. The molecule has 0 saturated heterocycles. The van der Waals surface area contributed by atoms with Gasteiger partial charge in [-0.3, -0.25) is 0 Å². The average molecular weight is 286 g/mol. The highest BCUT2D eigenvalue weighted by atomic mass is 32.1. The zero-order valence-corrected chi connectivity index (χ0v) is 11.8. The van der Waals surface area contributed by atoms with Crippen LogP contribution < -0.4 is 9.47 Å². The Kier molecular flexibility index (Phi) is 3.48. The fraction of sp³-hybridized carbons (Fsp3) is 0.125. The van der Waals surface area contributed by atoms with E-state index in [1.165, 1.54) is 0 Å². The molecule has 0 saturated carbocycles. The first-order chi connectivity index (χ1) is 9.76. The number of fused-ring (bicyclic) bond motifs is 1. The third-order valence-corrected chi connectivity index (χ3v) is 4.14. The number of ether oxygens (including phenoxy) is 2. The highest BCUT2D eigenvalue weighted by Crippen LogP contribution is 2.33. The summed E-state index contributed by atoms with van der Waals surface area (Å²) in [7, 11) is 1.63. The maximum absolute atomic E-state index is 9.79. The first kappa shape index (κ1) is 12.8. The van der Waals surface area contributed by atoms with Crippen LogP contribution in [0.4, 0.5) is 0 Å². The number of aromatic hydroxyl groups is 1. The predicted octanol–water partition coefficient (Wildman–Crippen LogP) is 4.19. The maximum atomic E-state index is 9.79. The summed E-state index contributed by atoms with van der Waals surface area (Å²) in [6.45, 7) is 0.478. The van der Waals surface area contributed by atoms with Crippen molar-refractivity contribution in [1.82, 2.24) is 0 Å². The third-order valence-electron chi connectivity index (χ3n) is 3.00. The molecule has 0 bridgehead atoms. The lowest BCUT2D eigenvalue weighted by Crippen LogP contribution is -1.93. The molecule has 0 aliphatic carbocycles. The van der Waals surface area contributed by atoms with Crippen molar-refractivity contribution in [2.75, 3.05) is 7.11 Å². The Morgan fingerprint density at radius 2 is 1.85 bits per heavy atom. The van der Waals surface area contributed by atoms with Crippen LogP contribution in [0.25, 0.3) is 10.1 Å². The fourth-order valence-electron chi connectivity index (χ4n) is 2.02. The molecule has 0 fully saturated rings. The third kappa shape index (κ3) is 2.56.